The van der Waals surface area contributed by atoms with E-state index >= 15 is 0 Å². The Morgan fingerprint density at radius 3 is 3.00 bits per heavy atom. The number of Topliss-reactive ketones (excluding diaryl/α,β-unsaturated/α-hetero) is 1. The van der Waals surface area contributed by atoms with Crippen LogP contribution >= 0.6 is 0 Å². The lowest BCUT2D eigenvalue weighted by Gasteiger charge is -2.08. The Morgan fingerprint density at radius 1 is 1.50 bits per heavy atom. The Kier molecular flexibility index (Phi) is 3.07. The van der Waals surface area contributed by atoms with Crippen LogP contribution in [0.15, 0.2) is 18.2 Å². The first kappa shape index (κ1) is 10.9. The molecule has 0 saturated heterocycles. The summed E-state index contributed by atoms with van der Waals surface area (Å²) in [5, 5.41) is 12.3. The monoisotopic (exact) mass is 223 g/mol. The molecule has 1 aliphatic heterocycles. The summed E-state index contributed by atoms with van der Waals surface area (Å²) in [7, 11) is 1.68. The van der Waals surface area contributed by atoms with E-state index < -0.39 is 6.10 Å². The average Bonchev–Trinajstić information content (AvgIpc) is 2.75. The molecule has 5 heteroatoms. The highest BCUT2D eigenvalue weighted by molar-refractivity contribution is 6.00. The topological polar surface area (TPSA) is 67.8 Å². The molecule has 0 spiro atoms. The number of hydrogen-bond acceptors (Lipinski definition) is 5. The summed E-state index contributed by atoms with van der Waals surface area (Å²) < 4.78 is 10.3. The molecule has 5 nitrogen and oxygen atoms in total. The van der Waals surface area contributed by atoms with Crippen molar-refractivity contribution in [2.45, 2.75) is 6.10 Å². The fraction of sp³-hybridized carbons (Fsp3) is 0.364. The predicted molar refractivity (Wildman–Crippen MR) is 56.8 cm³/mol. The molecule has 0 aromatic heterocycles. The number of benzene rings is 1. The van der Waals surface area contributed by atoms with Crippen molar-refractivity contribution in [2.24, 2.45) is 0 Å². The van der Waals surface area contributed by atoms with Gasteiger partial charge in [0.05, 0.1) is 0 Å². The second-order valence-corrected chi connectivity index (χ2v) is 3.51. The van der Waals surface area contributed by atoms with Crippen molar-refractivity contribution < 1.29 is 19.4 Å². The number of ketones is 1. The summed E-state index contributed by atoms with van der Waals surface area (Å²) in [5.74, 6) is 0.842. The molecule has 0 bridgehead atoms. The summed E-state index contributed by atoms with van der Waals surface area (Å²) in [4.78, 5) is 11.7. The number of carbonyl (C=O) groups is 1. The minimum Gasteiger partial charge on any atom is -0.454 e. The van der Waals surface area contributed by atoms with Gasteiger partial charge in [0.15, 0.2) is 17.3 Å². The number of likely N-dealkylation sites (N-methyl/N-ethyl adjacent to an activating group) is 1. The standard InChI is InChI=1S/C11H13NO4/c1-12-5-8(13)11(14)7-2-3-9-10(4-7)16-6-15-9/h2-4,8,12-13H,5-6H2,1H3. The first-order chi connectivity index (χ1) is 7.72. The first-order valence-electron chi connectivity index (χ1n) is 4.99. The van der Waals surface area contributed by atoms with Crippen LogP contribution in [-0.4, -0.2) is 37.4 Å². The van der Waals surface area contributed by atoms with Gasteiger partial charge in [0, 0.05) is 12.1 Å². The predicted octanol–water partition coefficient (Wildman–Crippen LogP) is 0.178. The largest absolute Gasteiger partial charge is 0.454 e. The average molecular weight is 223 g/mol. The SMILES string of the molecule is CNCC(O)C(=O)c1ccc2c(c1)OCO2. The summed E-state index contributed by atoms with van der Waals surface area (Å²) in [6.07, 6.45) is -1.04. The zero-order valence-electron chi connectivity index (χ0n) is 8.90. The zero-order valence-corrected chi connectivity index (χ0v) is 8.90. The van der Waals surface area contributed by atoms with Gasteiger partial charge in [-0.05, 0) is 25.2 Å². The van der Waals surface area contributed by atoms with E-state index in [4.69, 9.17) is 9.47 Å². The second kappa shape index (κ2) is 4.51. The van der Waals surface area contributed by atoms with Gasteiger partial charge >= 0.3 is 0 Å². The van der Waals surface area contributed by atoms with E-state index in [1.165, 1.54) is 0 Å². The molecule has 1 aromatic carbocycles. The van der Waals surface area contributed by atoms with Gasteiger partial charge in [-0.15, -0.1) is 0 Å². The first-order valence-corrected chi connectivity index (χ1v) is 4.99. The van der Waals surface area contributed by atoms with Crippen LogP contribution in [-0.2, 0) is 0 Å². The Labute approximate surface area is 93.0 Å². The molecule has 2 N–H and O–H groups in total. The molecular formula is C11H13NO4. The van der Waals surface area contributed by atoms with Gasteiger partial charge in [0.25, 0.3) is 0 Å². The normalized spacial score (nSPS) is 14.9. The summed E-state index contributed by atoms with van der Waals surface area (Å²) in [5.41, 5.74) is 0.423. The second-order valence-electron chi connectivity index (χ2n) is 3.51. The Hall–Kier alpha value is -1.59. The zero-order chi connectivity index (χ0) is 11.5. The van der Waals surface area contributed by atoms with Gasteiger partial charge < -0.3 is 19.9 Å². The highest BCUT2D eigenvalue weighted by Crippen LogP contribution is 2.32. The maximum Gasteiger partial charge on any atom is 0.231 e. The van der Waals surface area contributed by atoms with Crippen LogP contribution in [0.2, 0.25) is 0 Å². The number of ether oxygens (including phenoxy) is 2. The number of rotatable bonds is 4. The van der Waals surface area contributed by atoms with Crippen LogP contribution in [0.5, 0.6) is 11.5 Å². The molecule has 2 rings (SSSR count). The van der Waals surface area contributed by atoms with Crippen LogP contribution in [0.1, 0.15) is 10.4 Å². The molecule has 1 heterocycles. The lowest BCUT2D eigenvalue weighted by molar-refractivity contribution is 0.0750. The van der Waals surface area contributed by atoms with E-state index in [9.17, 15) is 9.90 Å². The van der Waals surface area contributed by atoms with Gasteiger partial charge in [0.2, 0.25) is 6.79 Å². The lowest BCUT2D eigenvalue weighted by atomic mass is 10.1. The van der Waals surface area contributed by atoms with E-state index in [0.29, 0.717) is 17.1 Å². The van der Waals surface area contributed by atoms with Crippen molar-refractivity contribution in [1.82, 2.24) is 5.32 Å². The fourth-order valence-corrected chi connectivity index (χ4v) is 1.53. The molecular weight excluding hydrogens is 210 g/mol. The van der Waals surface area contributed by atoms with Gasteiger partial charge in [-0.2, -0.15) is 0 Å². The van der Waals surface area contributed by atoms with Gasteiger partial charge in [-0.25, -0.2) is 0 Å². The van der Waals surface area contributed by atoms with Crippen molar-refractivity contribution in [3.63, 3.8) is 0 Å². The minimum absolute atomic E-state index is 0.173. The molecule has 86 valence electrons. The molecule has 0 saturated carbocycles. The number of aliphatic hydroxyl groups excluding tert-OH is 1. The third kappa shape index (κ3) is 2.00. The number of carbonyl (C=O) groups excluding carboxylic acids is 1. The van der Waals surface area contributed by atoms with Crippen molar-refractivity contribution in [3.05, 3.63) is 23.8 Å². The lowest BCUT2D eigenvalue weighted by Crippen LogP contribution is -2.31. The maximum absolute atomic E-state index is 11.7. The highest BCUT2D eigenvalue weighted by Gasteiger charge is 2.20. The van der Waals surface area contributed by atoms with Crippen LogP contribution in [0, 0.1) is 0 Å². The molecule has 0 amide bonds. The summed E-state index contributed by atoms with van der Waals surface area (Å²) in [6, 6.07) is 4.87. The molecule has 1 unspecified atom stereocenters. The van der Waals surface area contributed by atoms with Crippen molar-refractivity contribution >= 4 is 5.78 Å². The van der Waals surface area contributed by atoms with E-state index in [1.54, 1.807) is 25.2 Å². The smallest absolute Gasteiger partial charge is 0.231 e. The van der Waals surface area contributed by atoms with Crippen molar-refractivity contribution in [1.29, 1.82) is 0 Å². The number of nitrogens with one attached hydrogen (secondary N) is 1. The van der Waals surface area contributed by atoms with Gasteiger partial charge in [0.1, 0.15) is 6.10 Å². The van der Waals surface area contributed by atoms with Crippen molar-refractivity contribution in [2.75, 3.05) is 20.4 Å². The maximum atomic E-state index is 11.7. The Bertz CT molecular complexity index is 405. The van der Waals surface area contributed by atoms with E-state index in [2.05, 4.69) is 5.32 Å². The third-order valence-electron chi connectivity index (χ3n) is 2.36. The van der Waals surface area contributed by atoms with E-state index in [-0.39, 0.29) is 19.1 Å². The minimum atomic E-state index is -1.04. The molecule has 1 aromatic rings. The molecule has 0 aliphatic carbocycles. The molecule has 16 heavy (non-hydrogen) atoms. The number of hydrogen-bond donors (Lipinski definition) is 2. The quantitative estimate of drug-likeness (QED) is 0.713. The molecule has 1 aliphatic rings. The molecule has 0 fully saturated rings. The van der Waals surface area contributed by atoms with Crippen molar-refractivity contribution in [3.8, 4) is 11.5 Å². The van der Waals surface area contributed by atoms with Crippen LogP contribution in [0.4, 0.5) is 0 Å². The number of aliphatic hydroxyl groups is 1. The molecule has 1 atom stereocenters. The van der Waals surface area contributed by atoms with E-state index in [1.807, 2.05) is 0 Å². The van der Waals surface area contributed by atoms with Crippen LogP contribution in [0.3, 0.4) is 0 Å². The van der Waals surface area contributed by atoms with Crippen LogP contribution < -0.4 is 14.8 Å². The number of fused-ring (bicyclic) bond motifs is 1. The Morgan fingerprint density at radius 2 is 2.25 bits per heavy atom. The Balaban J connectivity index is 2.18. The van der Waals surface area contributed by atoms with Gasteiger partial charge in [-0.1, -0.05) is 0 Å². The van der Waals surface area contributed by atoms with Gasteiger partial charge in [-0.3, -0.25) is 4.79 Å². The van der Waals surface area contributed by atoms with Crippen LogP contribution in [0.25, 0.3) is 0 Å². The summed E-state index contributed by atoms with van der Waals surface area (Å²) in [6.45, 7) is 0.402. The summed E-state index contributed by atoms with van der Waals surface area (Å²) >= 11 is 0. The highest BCUT2D eigenvalue weighted by atomic mass is 16.7. The van der Waals surface area contributed by atoms with E-state index in [0.717, 1.165) is 0 Å². The molecule has 0 radical (unpaired) electrons. The fourth-order valence-electron chi connectivity index (χ4n) is 1.53. The third-order valence-corrected chi connectivity index (χ3v) is 2.36.